The van der Waals surface area contributed by atoms with Crippen molar-refractivity contribution in [3.8, 4) is 16.9 Å². The molecule has 3 amide bonds. The van der Waals surface area contributed by atoms with Gasteiger partial charge in [-0.05, 0) is 23.8 Å². The van der Waals surface area contributed by atoms with Crippen LogP contribution in [0.25, 0.3) is 11.1 Å². The zero-order chi connectivity index (χ0) is 18.9. The summed E-state index contributed by atoms with van der Waals surface area (Å²) in [5.41, 5.74) is 2.54. The smallest absolute Gasteiger partial charge is 0.319 e. The highest BCUT2D eigenvalue weighted by Gasteiger charge is 2.09. The minimum atomic E-state index is -0.320. The molecule has 0 saturated carbocycles. The van der Waals surface area contributed by atoms with Crippen LogP contribution in [0, 0.1) is 5.92 Å². The van der Waals surface area contributed by atoms with E-state index in [1.807, 2.05) is 62.4 Å². The van der Waals surface area contributed by atoms with Crippen LogP contribution >= 0.6 is 0 Å². The van der Waals surface area contributed by atoms with Gasteiger partial charge in [0.05, 0.1) is 12.8 Å². The fourth-order valence-electron chi connectivity index (χ4n) is 2.37. The molecule has 0 aliphatic carbocycles. The van der Waals surface area contributed by atoms with E-state index in [-0.39, 0.29) is 17.9 Å². The number of amides is 3. The maximum absolute atomic E-state index is 12.1. The second kappa shape index (κ2) is 9.46. The van der Waals surface area contributed by atoms with Crippen molar-refractivity contribution in [2.75, 3.05) is 25.5 Å². The van der Waals surface area contributed by atoms with Gasteiger partial charge < -0.3 is 20.7 Å². The van der Waals surface area contributed by atoms with Crippen LogP contribution in [0.5, 0.6) is 5.75 Å². The molecule has 0 aliphatic rings. The standard InChI is InChI=1S/C20H25N3O3/c1-14(2)19(24)21-11-12-22-20(25)23-18-10-5-4-9-17(18)15-7-6-8-16(13-15)26-3/h4-10,13-14H,11-12H2,1-3H3,(H,21,24)(H2,22,23,25). The fraction of sp³-hybridized carbons (Fsp3) is 0.300. The molecule has 138 valence electrons. The van der Waals surface area contributed by atoms with Gasteiger partial charge in [0, 0.05) is 24.6 Å². The number of anilines is 1. The second-order valence-corrected chi connectivity index (χ2v) is 6.10. The number of hydrogen-bond acceptors (Lipinski definition) is 3. The van der Waals surface area contributed by atoms with E-state index in [9.17, 15) is 9.59 Å². The summed E-state index contributed by atoms with van der Waals surface area (Å²) < 4.78 is 5.26. The van der Waals surface area contributed by atoms with Crippen LogP contribution in [0.4, 0.5) is 10.5 Å². The van der Waals surface area contributed by atoms with Crippen molar-refractivity contribution < 1.29 is 14.3 Å². The highest BCUT2D eigenvalue weighted by atomic mass is 16.5. The Hall–Kier alpha value is -3.02. The van der Waals surface area contributed by atoms with E-state index in [1.54, 1.807) is 7.11 Å². The average molecular weight is 355 g/mol. The number of benzene rings is 2. The first-order chi connectivity index (χ1) is 12.5. The number of methoxy groups -OCH3 is 1. The van der Waals surface area contributed by atoms with Crippen molar-refractivity contribution in [2.45, 2.75) is 13.8 Å². The van der Waals surface area contributed by atoms with Gasteiger partial charge in [0.25, 0.3) is 0 Å². The molecular formula is C20H25N3O3. The molecule has 0 radical (unpaired) electrons. The summed E-state index contributed by atoms with van der Waals surface area (Å²) >= 11 is 0. The molecule has 26 heavy (non-hydrogen) atoms. The van der Waals surface area contributed by atoms with Gasteiger partial charge in [-0.15, -0.1) is 0 Å². The highest BCUT2D eigenvalue weighted by molar-refractivity contribution is 5.94. The van der Waals surface area contributed by atoms with E-state index in [0.29, 0.717) is 18.8 Å². The lowest BCUT2D eigenvalue weighted by molar-refractivity contribution is -0.123. The predicted octanol–water partition coefficient (Wildman–Crippen LogP) is 3.26. The van der Waals surface area contributed by atoms with E-state index in [2.05, 4.69) is 16.0 Å². The molecule has 0 atom stereocenters. The molecule has 0 aromatic heterocycles. The van der Waals surface area contributed by atoms with Crippen LogP contribution in [-0.2, 0) is 4.79 Å². The normalized spacial score (nSPS) is 10.3. The molecule has 0 unspecified atom stereocenters. The summed E-state index contributed by atoms with van der Waals surface area (Å²) in [4.78, 5) is 23.6. The molecule has 0 fully saturated rings. The Bertz CT molecular complexity index is 759. The summed E-state index contributed by atoms with van der Waals surface area (Å²) in [5.74, 6) is 0.650. The number of ether oxygens (including phenoxy) is 1. The largest absolute Gasteiger partial charge is 0.497 e. The molecule has 6 heteroatoms. The first-order valence-electron chi connectivity index (χ1n) is 8.57. The quantitative estimate of drug-likeness (QED) is 0.667. The van der Waals surface area contributed by atoms with Crippen LogP contribution in [-0.4, -0.2) is 32.1 Å². The molecule has 6 nitrogen and oxygen atoms in total. The van der Waals surface area contributed by atoms with E-state index in [1.165, 1.54) is 0 Å². The molecular weight excluding hydrogens is 330 g/mol. The third-order valence-electron chi connectivity index (χ3n) is 3.79. The summed E-state index contributed by atoms with van der Waals surface area (Å²) in [7, 11) is 1.62. The summed E-state index contributed by atoms with van der Waals surface area (Å²) in [6, 6.07) is 14.9. The van der Waals surface area contributed by atoms with Crippen LogP contribution in [0.2, 0.25) is 0 Å². The Morgan fingerprint density at radius 2 is 1.73 bits per heavy atom. The first kappa shape index (κ1) is 19.3. The van der Waals surface area contributed by atoms with Crippen LogP contribution in [0.3, 0.4) is 0 Å². The predicted molar refractivity (Wildman–Crippen MR) is 103 cm³/mol. The number of carbonyl (C=O) groups is 2. The van der Waals surface area contributed by atoms with Crippen molar-refractivity contribution in [1.29, 1.82) is 0 Å². The third kappa shape index (κ3) is 5.51. The fourth-order valence-corrected chi connectivity index (χ4v) is 2.37. The Morgan fingerprint density at radius 3 is 2.46 bits per heavy atom. The van der Waals surface area contributed by atoms with Crippen LogP contribution in [0.1, 0.15) is 13.8 Å². The topological polar surface area (TPSA) is 79.5 Å². The lowest BCUT2D eigenvalue weighted by atomic mass is 10.0. The maximum Gasteiger partial charge on any atom is 0.319 e. The Morgan fingerprint density at radius 1 is 1.00 bits per heavy atom. The monoisotopic (exact) mass is 355 g/mol. The molecule has 0 saturated heterocycles. The molecule has 0 aliphatic heterocycles. The van der Waals surface area contributed by atoms with Gasteiger partial charge in [0.1, 0.15) is 5.75 Å². The Balaban J connectivity index is 1.97. The molecule has 0 spiro atoms. The van der Waals surface area contributed by atoms with E-state index in [0.717, 1.165) is 16.9 Å². The summed E-state index contributed by atoms with van der Waals surface area (Å²) in [5, 5.41) is 8.35. The minimum Gasteiger partial charge on any atom is -0.497 e. The van der Waals surface area contributed by atoms with E-state index < -0.39 is 0 Å². The van der Waals surface area contributed by atoms with Crippen molar-refractivity contribution >= 4 is 17.6 Å². The zero-order valence-corrected chi connectivity index (χ0v) is 15.3. The van der Waals surface area contributed by atoms with Crippen molar-refractivity contribution in [3.05, 3.63) is 48.5 Å². The van der Waals surface area contributed by atoms with Crippen molar-refractivity contribution in [1.82, 2.24) is 10.6 Å². The minimum absolute atomic E-state index is 0.0319. The third-order valence-corrected chi connectivity index (χ3v) is 3.79. The van der Waals surface area contributed by atoms with Gasteiger partial charge in [-0.3, -0.25) is 4.79 Å². The zero-order valence-electron chi connectivity index (χ0n) is 15.3. The lowest BCUT2D eigenvalue weighted by Crippen LogP contribution is -2.38. The van der Waals surface area contributed by atoms with Crippen LogP contribution < -0.4 is 20.7 Å². The SMILES string of the molecule is COc1cccc(-c2ccccc2NC(=O)NCCNC(=O)C(C)C)c1. The second-order valence-electron chi connectivity index (χ2n) is 6.10. The van der Waals surface area contributed by atoms with Gasteiger partial charge in [-0.1, -0.05) is 44.2 Å². The van der Waals surface area contributed by atoms with Gasteiger partial charge in [0.2, 0.25) is 5.91 Å². The number of carbonyl (C=O) groups excluding carboxylic acids is 2. The highest BCUT2D eigenvalue weighted by Crippen LogP contribution is 2.30. The summed E-state index contributed by atoms with van der Waals surface area (Å²) in [6.07, 6.45) is 0. The molecule has 0 bridgehead atoms. The van der Waals surface area contributed by atoms with Gasteiger partial charge in [0.15, 0.2) is 0 Å². The maximum atomic E-state index is 12.1. The number of rotatable bonds is 7. The van der Waals surface area contributed by atoms with E-state index in [4.69, 9.17) is 4.74 Å². The van der Waals surface area contributed by atoms with Crippen molar-refractivity contribution in [2.24, 2.45) is 5.92 Å². The first-order valence-corrected chi connectivity index (χ1v) is 8.57. The molecule has 0 heterocycles. The Labute approximate surface area is 153 Å². The molecule has 3 N–H and O–H groups in total. The number of urea groups is 1. The Kier molecular flexibility index (Phi) is 7.02. The lowest BCUT2D eigenvalue weighted by Gasteiger charge is -2.13. The molecule has 2 rings (SSSR count). The van der Waals surface area contributed by atoms with Gasteiger partial charge in [-0.2, -0.15) is 0 Å². The molecule has 2 aromatic rings. The number of hydrogen-bond donors (Lipinski definition) is 3. The molecule has 2 aromatic carbocycles. The average Bonchev–Trinajstić information content (AvgIpc) is 2.65. The number of nitrogens with one attached hydrogen (secondary N) is 3. The summed E-state index contributed by atoms with van der Waals surface area (Å²) in [6.45, 7) is 4.39. The van der Waals surface area contributed by atoms with Crippen molar-refractivity contribution in [3.63, 3.8) is 0 Å². The van der Waals surface area contributed by atoms with E-state index >= 15 is 0 Å². The van der Waals surface area contributed by atoms with Crippen LogP contribution in [0.15, 0.2) is 48.5 Å². The number of para-hydroxylation sites is 1. The van der Waals surface area contributed by atoms with Gasteiger partial charge >= 0.3 is 6.03 Å². The van der Waals surface area contributed by atoms with Gasteiger partial charge in [-0.25, -0.2) is 4.79 Å².